The molecule has 3 heteroatoms. The van der Waals surface area contributed by atoms with E-state index in [-0.39, 0.29) is 12.1 Å². The van der Waals surface area contributed by atoms with E-state index in [1.807, 2.05) is 20.8 Å². The highest BCUT2D eigenvalue weighted by Crippen LogP contribution is 2.12. The average molecular weight is 192 g/mol. The van der Waals surface area contributed by atoms with Crippen molar-refractivity contribution < 1.29 is 4.42 Å². The molecule has 1 heterocycles. The van der Waals surface area contributed by atoms with E-state index in [1.54, 1.807) is 6.20 Å². The number of nitrogens with zero attached hydrogens (tertiary/aromatic N) is 1. The van der Waals surface area contributed by atoms with Crippen LogP contribution in [0.4, 0.5) is 0 Å². The van der Waals surface area contributed by atoms with Gasteiger partial charge in [-0.1, -0.05) is 12.8 Å². The molecule has 0 saturated heterocycles. The van der Waals surface area contributed by atoms with Crippen LogP contribution in [-0.4, -0.2) is 11.0 Å². The molecule has 0 spiro atoms. The Bertz CT molecular complexity index is 324. The van der Waals surface area contributed by atoms with E-state index in [4.69, 9.17) is 10.8 Å². The Morgan fingerprint density at radius 2 is 2.43 bits per heavy atom. The Balaban J connectivity index is 2.58. The van der Waals surface area contributed by atoms with Gasteiger partial charge in [0.1, 0.15) is 5.76 Å². The van der Waals surface area contributed by atoms with Crippen LogP contribution in [0, 0.1) is 19.3 Å². The minimum Gasteiger partial charge on any atom is -0.444 e. The second-order valence-electron chi connectivity index (χ2n) is 3.33. The molecule has 0 saturated carbocycles. The van der Waals surface area contributed by atoms with Gasteiger partial charge in [-0.2, -0.15) is 0 Å². The van der Waals surface area contributed by atoms with Crippen LogP contribution in [0.15, 0.2) is 10.6 Å². The van der Waals surface area contributed by atoms with E-state index < -0.39 is 0 Å². The maximum absolute atomic E-state index is 5.39. The third-order valence-corrected chi connectivity index (χ3v) is 2.07. The van der Waals surface area contributed by atoms with Crippen LogP contribution in [0.1, 0.15) is 38.0 Å². The summed E-state index contributed by atoms with van der Waals surface area (Å²) in [5.41, 5.74) is 0. The van der Waals surface area contributed by atoms with Gasteiger partial charge in [0.2, 0.25) is 5.89 Å². The van der Waals surface area contributed by atoms with Crippen molar-refractivity contribution in [2.24, 2.45) is 0 Å². The van der Waals surface area contributed by atoms with Gasteiger partial charge in [0.15, 0.2) is 0 Å². The number of oxazole rings is 1. The summed E-state index contributed by atoms with van der Waals surface area (Å²) in [5.74, 6) is 4.19. The lowest BCUT2D eigenvalue weighted by Crippen LogP contribution is -2.29. The third kappa shape index (κ3) is 2.61. The number of nitrogens with one attached hydrogen (secondary N) is 1. The predicted octanol–water partition coefficient (Wildman–Crippen LogP) is 2.05. The first-order valence-electron chi connectivity index (χ1n) is 4.81. The maximum atomic E-state index is 5.39. The minimum absolute atomic E-state index is 0.0599. The smallest absolute Gasteiger partial charge is 0.211 e. The molecular weight excluding hydrogens is 176 g/mol. The van der Waals surface area contributed by atoms with Crippen molar-refractivity contribution in [2.75, 3.05) is 0 Å². The second kappa shape index (κ2) is 4.83. The van der Waals surface area contributed by atoms with Gasteiger partial charge in [-0.05, 0) is 20.3 Å². The summed E-state index contributed by atoms with van der Waals surface area (Å²) in [7, 11) is 0. The van der Waals surface area contributed by atoms with Gasteiger partial charge < -0.3 is 4.42 Å². The van der Waals surface area contributed by atoms with Crippen molar-refractivity contribution in [3.8, 4) is 12.3 Å². The topological polar surface area (TPSA) is 38.1 Å². The van der Waals surface area contributed by atoms with Crippen molar-refractivity contribution in [3.05, 3.63) is 17.8 Å². The molecular formula is C11H16N2O. The van der Waals surface area contributed by atoms with E-state index >= 15 is 0 Å². The first-order valence-corrected chi connectivity index (χ1v) is 4.81. The van der Waals surface area contributed by atoms with Crippen LogP contribution >= 0.6 is 0 Å². The summed E-state index contributed by atoms with van der Waals surface area (Å²) < 4.78 is 5.39. The lowest BCUT2D eigenvalue weighted by molar-refractivity contribution is 0.388. The van der Waals surface area contributed by atoms with Crippen molar-refractivity contribution in [1.29, 1.82) is 0 Å². The molecule has 1 aromatic heterocycles. The summed E-state index contributed by atoms with van der Waals surface area (Å²) in [5, 5.41) is 3.25. The van der Waals surface area contributed by atoms with Crippen LogP contribution < -0.4 is 5.32 Å². The lowest BCUT2D eigenvalue weighted by Gasteiger charge is -2.14. The zero-order valence-corrected chi connectivity index (χ0v) is 8.87. The van der Waals surface area contributed by atoms with Crippen LogP contribution in [-0.2, 0) is 0 Å². The number of terminal acetylenes is 1. The zero-order valence-electron chi connectivity index (χ0n) is 8.87. The molecule has 2 atom stereocenters. The molecule has 0 aromatic carbocycles. The third-order valence-electron chi connectivity index (χ3n) is 2.07. The molecule has 0 amide bonds. The van der Waals surface area contributed by atoms with Gasteiger partial charge in [-0.25, -0.2) is 4.98 Å². The molecule has 2 unspecified atom stereocenters. The van der Waals surface area contributed by atoms with Gasteiger partial charge in [0.05, 0.1) is 18.3 Å². The SMILES string of the molecule is C#CC(CC)NC(C)c1ncc(C)o1. The Morgan fingerprint density at radius 1 is 1.71 bits per heavy atom. The average Bonchev–Trinajstić information content (AvgIpc) is 2.61. The fourth-order valence-electron chi connectivity index (χ4n) is 1.23. The van der Waals surface area contributed by atoms with Crippen LogP contribution in [0.5, 0.6) is 0 Å². The number of aryl methyl sites for hydroxylation is 1. The fourth-order valence-corrected chi connectivity index (χ4v) is 1.23. The van der Waals surface area contributed by atoms with E-state index in [1.165, 1.54) is 0 Å². The molecule has 0 fully saturated rings. The zero-order chi connectivity index (χ0) is 10.6. The highest BCUT2D eigenvalue weighted by atomic mass is 16.4. The maximum Gasteiger partial charge on any atom is 0.211 e. The van der Waals surface area contributed by atoms with Gasteiger partial charge in [0, 0.05) is 0 Å². The number of rotatable bonds is 4. The second-order valence-corrected chi connectivity index (χ2v) is 3.33. The van der Waals surface area contributed by atoms with Crippen LogP contribution in [0.3, 0.4) is 0 Å². The summed E-state index contributed by atoms with van der Waals surface area (Å²) in [6.45, 7) is 5.91. The van der Waals surface area contributed by atoms with E-state index in [9.17, 15) is 0 Å². The van der Waals surface area contributed by atoms with E-state index in [0.717, 1.165) is 12.2 Å². The van der Waals surface area contributed by atoms with Crippen molar-refractivity contribution in [3.63, 3.8) is 0 Å². The van der Waals surface area contributed by atoms with Gasteiger partial charge in [-0.15, -0.1) is 6.42 Å². The summed E-state index contributed by atoms with van der Waals surface area (Å²) in [6.07, 6.45) is 7.97. The fraction of sp³-hybridized carbons (Fsp3) is 0.545. The Labute approximate surface area is 84.9 Å². The quantitative estimate of drug-likeness (QED) is 0.742. The Morgan fingerprint density at radius 3 is 2.86 bits per heavy atom. The molecule has 76 valence electrons. The van der Waals surface area contributed by atoms with Crippen LogP contribution in [0.25, 0.3) is 0 Å². The Hall–Kier alpha value is -1.27. The number of hydrogen-bond donors (Lipinski definition) is 1. The molecule has 0 aliphatic carbocycles. The van der Waals surface area contributed by atoms with Gasteiger partial charge in [-0.3, -0.25) is 5.32 Å². The molecule has 14 heavy (non-hydrogen) atoms. The Kier molecular flexibility index (Phi) is 3.73. The largest absolute Gasteiger partial charge is 0.444 e. The molecule has 0 aliphatic rings. The van der Waals surface area contributed by atoms with Gasteiger partial charge in [0.25, 0.3) is 0 Å². The first kappa shape index (κ1) is 10.8. The summed E-state index contributed by atoms with van der Waals surface area (Å²) in [6, 6.07) is 0.141. The molecule has 1 N–H and O–H groups in total. The number of aromatic nitrogens is 1. The summed E-state index contributed by atoms with van der Waals surface area (Å²) >= 11 is 0. The van der Waals surface area contributed by atoms with E-state index in [2.05, 4.69) is 16.2 Å². The first-order chi connectivity index (χ1) is 6.67. The highest BCUT2D eigenvalue weighted by molar-refractivity contribution is 5.02. The molecule has 1 aromatic rings. The normalized spacial score (nSPS) is 14.7. The van der Waals surface area contributed by atoms with Gasteiger partial charge >= 0.3 is 0 Å². The predicted molar refractivity (Wildman–Crippen MR) is 55.7 cm³/mol. The highest BCUT2D eigenvalue weighted by Gasteiger charge is 2.13. The summed E-state index contributed by atoms with van der Waals surface area (Å²) in [4.78, 5) is 4.14. The van der Waals surface area contributed by atoms with Crippen molar-refractivity contribution >= 4 is 0 Å². The number of hydrogen-bond acceptors (Lipinski definition) is 3. The van der Waals surface area contributed by atoms with E-state index in [0.29, 0.717) is 5.89 Å². The van der Waals surface area contributed by atoms with Crippen molar-refractivity contribution in [1.82, 2.24) is 10.3 Å². The van der Waals surface area contributed by atoms with Crippen molar-refractivity contribution in [2.45, 2.75) is 39.3 Å². The standard InChI is InChI=1S/C11H16N2O/c1-5-10(6-2)13-9(4)11-12-7-8(3)14-11/h1,7,9-10,13H,6H2,2-4H3. The monoisotopic (exact) mass is 192 g/mol. The molecule has 3 nitrogen and oxygen atoms in total. The molecule has 0 radical (unpaired) electrons. The molecule has 1 rings (SSSR count). The minimum atomic E-state index is 0.0599. The molecule has 0 bridgehead atoms. The lowest BCUT2D eigenvalue weighted by atomic mass is 10.2. The molecule has 0 aliphatic heterocycles. The van der Waals surface area contributed by atoms with Crippen LogP contribution in [0.2, 0.25) is 0 Å².